The van der Waals surface area contributed by atoms with Crippen LogP contribution in [-0.2, 0) is 26.9 Å². The highest BCUT2D eigenvalue weighted by Gasteiger charge is 2.72. The van der Waals surface area contributed by atoms with Crippen LogP contribution in [0, 0.1) is 34.5 Å². The zero-order chi connectivity index (χ0) is 23.1. The van der Waals surface area contributed by atoms with Gasteiger partial charge < -0.3 is 20.1 Å². The van der Waals surface area contributed by atoms with Crippen LogP contribution in [0.15, 0.2) is 18.2 Å². The minimum absolute atomic E-state index is 0.0607. The Bertz CT molecular complexity index is 1240. The van der Waals surface area contributed by atoms with Gasteiger partial charge in [-0.2, -0.15) is 23.7 Å². The van der Waals surface area contributed by atoms with Gasteiger partial charge >= 0.3 is 12.1 Å². The fourth-order valence-corrected chi connectivity index (χ4v) is 4.93. The number of carboxylic acids is 1. The van der Waals surface area contributed by atoms with Crippen LogP contribution in [0.5, 0.6) is 11.8 Å². The van der Waals surface area contributed by atoms with E-state index in [1.165, 1.54) is 19.9 Å². The Hall–Kier alpha value is -3.70. The second-order valence-corrected chi connectivity index (χ2v) is 7.81. The number of benzene rings is 1. The predicted octanol–water partition coefficient (Wildman–Crippen LogP) is 3.09. The third kappa shape index (κ3) is 2.35. The van der Waals surface area contributed by atoms with Crippen molar-refractivity contribution in [2.75, 3.05) is 0 Å². The number of ether oxygens (including phenoxy) is 1. The van der Waals surface area contributed by atoms with E-state index >= 15 is 0 Å². The number of aromatic nitrogens is 1. The smallest absolute Gasteiger partial charge is 0.417 e. The van der Waals surface area contributed by atoms with Gasteiger partial charge in [0.15, 0.2) is 0 Å². The highest BCUT2D eigenvalue weighted by atomic mass is 19.4. The lowest BCUT2D eigenvalue weighted by molar-refractivity contribution is -0.149. The molecule has 4 atom stereocenters. The van der Waals surface area contributed by atoms with Crippen molar-refractivity contribution in [2.45, 2.75) is 31.2 Å². The summed E-state index contributed by atoms with van der Waals surface area (Å²) in [6.45, 7) is 2.73. The van der Waals surface area contributed by atoms with E-state index in [1.807, 2.05) is 6.07 Å². The van der Waals surface area contributed by atoms with E-state index in [9.17, 15) is 38.5 Å². The van der Waals surface area contributed by atoms with E-state index in [0.717, 1.165) is 16.7 Å². The van der Waals surface area contributed by atoms with Crippen molar-refractivity contribution in [3.05, 3.63) is 40.5 Å². The Morgan fingerprint density at radius 2 is 1.74 bits per heavy atom. The highest BCUT2D eigenvalue weighted by molar-refractivity contribution is 5.77. The van der Waals surface area contributed by atoms with Crippen LogP contribution in [0.1, 0.15) is 36.1 Å². The normalized spacial score (nSPS) is 28.7. The lowest BCUT2D eigenvalue weighted by atomic mass is 9.66. The van der Waals surface area contributed by atoms with E-state index in [2.05, 4.69) is 0 Å². The van der Waals surface area contributed by atoms with Crippen molar-refractivity contribution >= 4 is 5.97 Å². The Kier molecular flexibility index (Phi) is 3.93. The summed E-state index contributed by atoms with van der Waals surface area (Å²) in [6.07, 6.45) is -4.87. The molecule has 31 heavy (non-hydrogen) atoms. The standard InChI is InChI=1S/C20H14F3N3O5/c1-18-11(7-25)12(17(29)30)19(2,31-18)14-13(18)15(27)26(16(14)28)9-4-3-8(6-24)10(5-9)20(21,22)23/h3-5,11-12,27-28H,1-2H3,(H,29,30)/t11-,12+,18-,19+/m1/s1. The van der Waals surface area contributed by atoms with Gasteiger partial charge in [0.2, 0.25) is 11.8 Å². The minimum atomic E-state index is -4.87. The molecule has 1 aromatic carbocycles. The number of nitrogens with zero attached hydrogens (tertiary/aromatic N) is 3. The average molecular weight is 433 g/mol. The molecule has 0 aliphatic carbocycles. The number of aliphatic carboxylic acids is 1. The van der Waals surface area contributed by atoms with Gasteiger partial charge in [0.1, 0.15) is 17.1 Å². The average Bonchev–Trinajstić information content (AvgIpc) is 3.19. The van der Waals surface area contributed by atoms with E-state index in [0.29, 0.717) is 6.07 Å². The molecule has 3 N–H and O–H groups in total. The summed E-state index contributed by atoms with van der Waals surface area (Å²) in [6, 6.07) is 5.92. The molecule has 8 nitrogen and oxygen atoms in total. The summed E-state index contributed by atoms with van der Waals surface area (Å²) in [4.78, 5) is 11.9. The number of nitriles is 2. The molecule has 1 saturated heterocycles. The summed E-state index contributed by atoms with van der Waals surface area (Å²) in [7, 11) is 0. The zero-order valence-corrected chi connectivity index (χ0v) is 16.0. The Morgan fingerprint density at radius 1 is 1.16 bits per heavy atom. The van der Waals surface area contributed by atoms with Gasteiger partial charge in [-0.1, -0.05) is 0 Å². The minimum Gasteiger partial charge on any atom is -0.494 e. The predicted molar refractivity (Wildman–Crippen MR) is 94.8 cm³/mol. The molecule has 4 rings (SSSR count). The van der Waals surface area contributed by atoms with Crippen LogP contribution in [0.4, 0.5) is 13.2 Å². The number of hydrogen-bond donors (Lipinski definition) is 3. The van der Waals surface area contributed by atoms with E-state index in [4.69, 9.17) is 10.00 Å². The maximum Gasteiger partial charge on any atom is 0.417 e. The summed E-state index contributed by atoms with van der Waals surface area (Å²) in [5.41, 5.74) is -5.71. The molecule has 3 heterocycles. The SMILES string of the molecule is C[C@]12O[C@](C)(c3c1c(O)n(-c1ccc(C#N)c(C(F)(F)F)c1)c3O)[C@H](C(=O)O)[C@H]2C#N. The molecule has 2 aliphatic heterocycles. The lowest BCUT2D eigenvalue weighted by Crippen LogP contribution is -2.40. The second kappa shape index (κ2) is 5.93. The molecule has 0 spiro atoms. The van der Waals surface area contributed by atoms with Crippen LogP contribution in [0.25, 0.3) is 5.69 Å². The summed E-state index contributed by atoms with van der Waals surface area (Å²) >= 11 is 0. The topological polar surface area (TPSA) is 140 Å². The molecule has 11 heteroatoms. The van der Waals surface area contributed by atoms with Crippen molar-refractivity contribution in [1.29, 1.82) is 10.5 Å². The number of carbonyl (C=O) groups is 1. The molecule has 2 aromatic rings. The van der Waals surface area contributed by atoms with Crippen LogP contribution < -0.4 is 0 Å². The van der Waals surface area contributed by atoms with Crippen molar-refractivity contribution in [3.63, 3.8) is 0 Å². The third-order valence-electron chi connectivity index (χ3n) is 6.15. The Morgan fingerprint density at radius 3 is 2.23 bits per heavy atom. The van der Waals surface area contributed by atoms with Crippen LogP contribution in [0.3, 0.4) is 0 Å². The van der Waals surface area contributed by atoms with Crippen molar-refractivity contribution in [1.82, 2.24) is 4.57 Å². The lowest BCUT2D eigenvalue weighted by Gasteiger charge is -2.29. The molecular weight excluding hydrogens is 419 g/mol. The van der Waals surface area contributed by atoms with Gasteiger partial charge in [0, 0.05) is 0 Å². The van der Waals surface area contributed by atoms with Gasteiger partial charge in [-0.3, -0.25) is 9.36 Å². The van der Waals surface area contributed by atoms with E-state index in [-0.39, 0.29) is 16.8 Å². The first-order valence-corrected chi connectivity index (χ1v) is 8.94. The van der Waals surface area contributed by atoms with E-state index < -0.39 is 58.1 Å². The Balaban J connectivity index is 2.01. The van der Waals surface area contributed by atoms with Crippen LogP contribution in [0.2, 0.25) is 0 Å². The molecule has 0 radical (unpaired) electrons. The fourth-order valence-electron chi connectivity index (χ4n) is 4.93. The molecule has 2 aliphatic rings. The molecule has 1 fully saturated rings. The van der Waals surface area contributed by atoms with Gasteiger partial charge in [-0.05, 0) is 32.0 Å². The molecule has 160 valence electrons. The first kappa shape index (κ1) is 20.6. The fraction of sp³-hybridized carbons (Fsp3) is 0.350. The monoisotopic (exact) mass is 433 g/mol. The summed E-state index contributed by atoms with van der Waals surface area (Å²) in [5, 5.41) is 50.0. The van der Waals surface area contributed by atoms with Crippen molar-refractivity contribution in [2.24, 2.45) is 11.8 Å². The molecule has 0 amide bonds. The Labute approximate surface area is 172 Å². The van der Waals surface area contributed by atoms with Crippen LogP contribution >= 0.6 is 0 Å². The maximum atomic E-state index is 13.4. The molecular formula is C20H14F3N3O5. The largest absolute Gasteiger partial charge is 0.494 e. The van der Waals surface area contributed by atoms with Crippen molar-refractivity contribution < 1.29 is 38.0 Å². The van der Waals surface area contributed by atoms with Gasteiger partial charge in [0.25, 0.3) is 0 Å². The maximum absolute atomic E-state index is 13.4. The molecule has 0 saturated carbocycles. The third-order valence-corrected chi connectivity index (χ3v) is 6.15. The van der Waals surface area contributed by atoms with Gasteiger partial charge in [-0.15, -0.1) is 0 Å². The summed E-state index contributed by atoms with van der Waals surface area (Å²) < 4.78 is 46.7. The number of alkyl halides is 3. The molecule has 1 aromatic heterocycles. The summed E-state index contributed by atoms with van der Waals surface area (Å²) in [5.74, 6) is -5.36. The number of aromatic hydroxyl groups is 2. The van der Waals surface area contributed by atoms with E-state index in [1.54, 1.807) is 0 Å². The number of rotatable bonds is 2. The first-order chi connectivity index (χ1) is 14.3. The van der Waals surface area contributed by atoms with Crippen LogP contribution in [-0.4, -0.2) is 25.9 Å². The number of fused-ring (bicyclic) bond motifs is 5. The van der Waals surface area contributed by atoms with Gasteiger partial charge in [0.05, 0.1) is 46.0 Å². The number of hydrogen-bond acceptors (Lipinski definition) is 6. The highest BCUT2D eigenvalue weighted by Crippen LogP contribution is 2.68. The quantitative estimate of drug-likeness (QED) is 0.661. The van der Waals surface area contributed by atoms with Gasteiger partial charge in [-0.25, -0.2) is 0 Å². The number of carboxylic acid groups (broad SMARTS) is 1. The first-order valence-electron chi connectivity index (χ1n) is 8.94. The second-order valence-electron chi connectivity index (χ2n) is 7.81. The molecule has 2 bridgehead atoms. The molecule has 0 unspecified atom stereocenters. The zero-order valence-electron chi connectivity index (χ0n) is 16.0. The number of halogens is 3. The van der Waals surface area contributed by atoms with Crippen molar-refractivity contribution in [3.8, 4) is 29.6 Å².